The third-order valence-corrected chi connectivity index (χ3v) is 3.38. The first-order valence-electron chi connectivity index (χ1n) is 6.61. The van der Waals surface area contributed by atoms with E-state index in [1.165, 1.54) is 6.08 Å². The molecule has 1 saturated carbocycles. The second-order valence-corrected chi connectivity index (χ2v) is 4.89. The molecule has 102 valence electrons. The first kappa shape index (κ1) is 13.6. The summed E-state index contributed by atoms with van der Waals surface area (Å²) in [4.78, 5) is 11.7. The Morgan fingerprint density at radius 1 is 1.21 bits per heavy atom. The van der Waals surface area contributed by atoms with E-state index in [0.29, 0.717) is 0 Å². The molecule has 0 bridgehead atoms. The Morgan fingerprint density at radius 3 is 2.58 bits per heavy atom. The molecule has 1 amide bonds. The molecule has 1 fully saturated rings. The predicted octanol–water partition coefficient (Wildman–Crippen LogP) is 1.83. The number of carbonyl (C=O) groups excluding carboxylic acids is 1. The number of hydrogen-bond acceptors (Lipinski definition) is 3. The zero-order chi connectivity index (χ0) is 13.7. The zero-order valence-corrected chi connectivity index (χ0v) is 10.7. The molecule has 1 aliphatic rings. The van der Waals surface area contributed by atoms with Crippen molar-refractivity contribution in [3.05, 3.63) is 35.9 Å². The molecule has 0 aliphatic heterocycles. The van der Waals surface area contributed by atoms with E-state index in [2.05, 4.69) is 5.32 Å². The molecule has 0 saturated heterocycles. The number of rotatable bonds is 3. The van der Waals surface area contributed by atoms with Gasteiger partial charge in [0, 0.05) is 6.08 Å². The van der Waals surface area contributed by atoms with Crippen molar-refractivity contribution < 1.29 is 15.0 Å². The van der Waals surface area contributed by atoms with E-state index in [1.807, 2.05) is 0 Å². The van der Waals surface area contributed by atoms with Crippen LogP contribution in [0.5, 0.6) is 5.75 Å². The van der Waals surface area contributed by atoms with Crippen LogP contribution in [0.4, 0.5) is 0 Å². The zero-order valence-electron chi connectivity index (χ0n) is 10.7. The number of aliphatic hydroxyl groups is 1. The van der Waals surface area contributed by atoms with E-state index < -0.39 is 6.10 Å². The Bertz CT molecular complexity index is 453. The van der Waals surface area contributed by atoms with Gasteiger partial charge in [-0.2, -0.15) is 0 Å². The van der Waals surface area contributed by atoms with Gasteiger partial charge in [0.05, 0.1) is 12.1 Å². The molecule has 1 aliphatic carbocycles. The lowest BCUT2D eigenvalue weighted by Crippen LogP contribution is -2.44. The molecule has 19 heavy (non-hydrogen) atoms. The molecule has 1 aromatic rings. The summed E-state index contributed by atoms with van der Waals surface area (Å²) in [6, 6.07) is 6.47. The summed E-state index contributed by atoms with van der Waals surface area (Å²) >= 11 is 0. The maximum Gasteiger partial charge on any atom is 0.244 e. The monoisotopic (exact) mass is 261 g/mol. The Morgan fingerprint density at radius 2 is 1.89 bits per heavy atom. The van der Waals surface area contributed by atoms with Gasteiger partial charge in [-0.1, -0.05) is 25.0 Å². The van der Waals surface area contributed by atoms with Crippen molar-refractivity contribution in [3.8, 4) is 5.75 Å². The van der Waals surface area contributed by atoms with E-state index in [9.17, 15) is 9.90 Å². The predicted molar refractivity (Wildman–Crippen MR) is 73.5 cm³/mol. The van der Waals surface area contributed by atoms with E-state index in [0.717, 1.165) is 31.2 Å². The van der Waals surface area contributed by atoms with Gasteiger partial charge in [0.25, 0.3) is 0 Å². The van der Waals surface area contributed by atoms with E-state index in [-0.39, 0.29) is 17.7 Å². The first-order valence-corrected chi connectivity index (χ1v) is 6.61. The summed E-state index contributed by atoms with van der Waals surface area (Å²) in [7, 11) is 0. The number of nitrogens with one attached hydrogen (secondary N) is 1. The third kappa shape index (κ3) is 4.10. The van der Waals surface area contributed by atoms with Gasteiger partial charge in [-0.25, -0.2) is 0 Å². The van der Waals surface area contributed by atoms with Crippen LogP contribution in [0, 0.1) is 0 Å². The lowest BCUT2D eigenvalue weighted by Gasteiger charge is -2.27. The molecule has 4 nitrogen and oxygen atoms in total. The van der Waals surface area contributed by atoms with Crippen LogP contribution in [-0.4, -0.2) is 28.3 Å². The fraction of sp³-hybridized carbons (Fsp3) is 0.400. The lowest BCUT2D eigenvalue weighted by atomic mass is 9.92. The molecule has 2 rings (SSSR count). The lowest BCUT2D eigenvalue weighted by molar-refractivity contribution is -0.118. The molecule has 3 N–H and O–H groups in total. The normalized spacial score (nSPS) is 23.4. The summed E-state index contributed by atoms with van der Waals surface area (Å²) in [5, 5.41) is 21.7. The fourth-order valence-corrected chi connectivity index (χ4v) is 2.27. The Kier molecular flexibility index (Phi) is 4.58. The molecule has 0 unspecified atom stereocenters. The van der Waals surface area contributed by atoms with Crippen molar-refractivity contribution in [1.82, 2.24) is 5.32 Å². The van der Waals surface area contributed by atoms with Crippen molar-refractivity contribution in [3.63, 3.8) is 0 Å². The number of aliphatic hydroxyl groups excluding tert-OH is 1. The Balaban J connectivity index is 1.88. The molecule has 2 atom stereocenters. The van der Waals surface area contributed by atoms with Gasteiger partial charge in [-0.05, 0) is 36.6 Å². The third-order valence-electron chi connectivity index (χ3n) is 3.38. The number of hydrogen-bond donors (Lipinski definition) is 3. The van der Waals surface area contributed by atoms with Crippen LogP contribution in [0.15, 0.2) is 30.3 Å². The number of amides is 1. The molecule has 0 aromatic heterocycles. The largest absolute Gasteiger partial charge is 0.508 e. The summed E-state index contributed by atoms with van der Waals surface area (Å²) in [6.45, 7) is 0. The van der Waals surface area contributed by atoms with Crippen LogP contribution >= 0.6 is 0 Å². The summed E-state index contributed by atoms with van der Waals surface area (Å²) in [5.74, 6) is 0.00551. The Labute approximate surface area is 112 Å². The van der Waals surface area contributed by atoms with Crippen LogP contribution in [0.1, 0.15) is 31.2 Å². The van der Waals surface area contributed by atoms with Crippen LogP contribution < -0.4 is 5.32 Å². The van der Waals surface area contributed by atoms with E-state index in [4.69, 9.17) is 5.11 Å². The van der Waals surface area contributed by atoms with Crippen LogP contribution in [0.25, 0.3) is 6.08 Å². The van der Waals surface area contributed by atoms with Crippen LogP contribution in [-0.2, 0) is 4.79 Å². The highest BCUT2D eigenvalue weighted by atomic mass is 16.3. The minimum absolute atomic E-state index is 0.134. The quantitative estimate of drug-likeness (QED) is 0.727. The minimum Gasteiger partial charge on any atom is -0.508 e. The standard InChI is InChI=1S/C15H19NO3/c17-12-8-5-11(6-9-12)7-10-15(19)16-13-3-1-2-4-14(13)18/h5-10,13-14,17-18H,1-4H2,(H,16,19)/b10-7+/t13-,14-/m1/s1. The number of phenolic OH excluding ortho intramolecular Hbond substituents is 1. The topological polar surface area (TPSA) is 69.6 Å². The van der Waals surface area contributed by atoms with Gasteiger partial charge in [0.2, 0.25) is 5.91 Å². The molecule has 0 radical (unpaired) electrons. The molecular weight excluding hydrogens is 242 g/mol. The average molecular weight is 261 g/mol. The van der Waals surface area contributed by atoms with Crippen LogP contribution in [0.3, 0.4) is 0 Å². The van der Waals surface area contributed by atoms with Crippen LogP contribution in [0.2, 0.25) is 0 Å². The van der Waals surface area contributed by atoms with Crippen molar-refractivity contribution in [2.45, 2.75) is 37.8 Å². The van der Waals surface area contributed by atoms with E-state index >= 15 is 0 Å². The van der Waals surface area contributed by atoms with Gasteiger partial charge in [-0.15, -0.1) is 0 Å². The number of benzene rings is 1. The van der Waals surface area contributed by atoms with Crippen molar-refractivity contribution in [2.75, 3.05) is 0 Å². The molecule has 4 heteroatoms. The number of phenols is 1. The fourth-order valence-electron chi connectivity index (χ4n) is 2.27. The van der Waals surface area contributed by atoms with Crippen molar-refractivity contribution in [2.24, 2.45) is 0 Å². The van der Waals surface area contributed by atoms with Gasteiger partial charge in [0.15, 0.2) is 0 Å². The molecular formula is C15H19NO3. The van der Waals surface area contributed by atoms with Gasteiger partial charge >= 0.3 is 0 Å². The molecule has 0 spiro atoms. The Hall–Kier alpha value is -1.81. The first-order chi connectivity index (χ1) is 9.15. The molecule has 0 heterocycles. The highest BCUT2D eigenvalue weighted by Gasteiger charge is 2.23. The maximum atomic E-state index is 11.7. The summed E-state index contributed by atoms with van der Waals surface area (Å²) < 4.78 is 0. The molecule has 1 aromatic carbocycles. The van der Waals surface area contributed by atoms with Gasteiger partial charge in [-0.3, -0.25) is 4.79 Å². The SMILES string of the molecule is O=C(/C=C/c1ccc(O)cc1)N[C@@H]1CCCC[C@H]1O. The summed E-state index contributed by atoms with van der Waals surface area (Å²) in [6.07, 6.45) is 6.37. The van der Waals surface area contributed by atoms with Crippen molar-refractivity contribution >= 4 is 12.0 Å². The maximum absolute atomic E-state index is 11.7. The smallest absolute Gasteiger partial charge is 0.244 e. The second-order valence-electron chi connectivity index (χ2n) is 4.89. The average Bonchev–Trinajstić information content (AvgIpc) is 2.41. The number of carbonyl (C=O) groups is 1. The number of aromatic hydroxyl groups is 1. The van der Waals surface area contributed by atoms with E-state index in [1.54, 1.807) is 30.3 Å². The highest BCUT2D eigenvalue weighted by molar-refractivity contribution is 5.91. The van der Waals surface area contributed by atoms with Gasteiger partial charge in [0.1, 0.15) is 5.75 Å². The minimum atomic E-state index is -0.431. The summed E-state index contributed by atoms with van der Waals surface area (Å²) in [5.41, 5.74) is 0.845. The highest BCUT2D eigenvalue weighted by Crippen LogP contribution is 2.18. The van der Waals surface area contributed by atoms with Gasteiger partial charge < -0.3 is 15.5 Å². The van der Waals surface area contributed by atoms with Crippen molar-refractivity contribution in [1.29, 1.82) is 0 Å². The second kappa shape index (κ2) is 6.38.